The molecule has 1 fully saturated rings. The highest BCUT2D eigenvalue weighted by Crippen LogP contribution is 2.26. The van der Waals surface area contributed by atoms with E-state index in [0.717, 1.165) is 12.8 Å². The van der Waals surface area contributed by atoms with Crippen LogP contribution in [-0.2, 0) is 0 Å². The zero-order chi connectivity index (χ0) is 17.6. The number of hydrogen-bond acceptors (Lipinski definition) is 6. The fourth-order valence-corrected chi connectivity index (χ4v) is 2.97. The van der Waals surface area contributed by atoms with E-state index in [9.17, 15) is 4.79 Å². The van der Waals surface area contributed by atoms with Crippen molar-refractivity contribution in [1.82, 2.24) is 15.4 Å². The minimum atomic E-state index is -0.309. The molecule has 3 rings (SSSR count). The van der Waals surface area contributed by atoms with E-state index in [1.54, 1.807) is 24.3 Å². The van der Waals surface area contributed by atoms with Crippen molar-refractivity contribution in [2.45, 2.75) is 38.1 Å². The molecule has 8 heteroatoms. The van der Waals surface area contributed by atoms with Gasteiger partial charge >= 0.3 is 0 Å². The Bertz CT molecular complexity index is 730. The van der Waals surface area contributed by atoms with E-state index in [1.165, 1.54) is 25.6 Å². The van der Waals surface area contributed by atoms with Crippen LogP contribution in [0.4, 0.5) is 17.3 Å². The van der Waals surface area contributed by atoms with E-state index in [-0.39, 0.29) is 5.91 Å². The second-order valence-corrected chi connectivity index (χ2v) is 6.49. The van der Waals surface area contributed by atoms with Crippen LogP contribution >= 0.6 is 11.6 Å². The van der Waals surface area contributed by atoms with Gasteiger partial charge in [-0.15, -0.1) is 0 Å². The van der Waals surface area contributed by atoms with E-state index in [1.807, 2.05) is 0 Å². The number of hydrogen-bond donors (Lipinski definition) is 4. The lowest BCUT2D eigenvalue weighted by molar-refractivity contribution is 0.0962. The van der Waals surface area contributed by atoms with Crippen molar-refractivity contribution in [3.8, 4) is 0 Å². The quantitative estimate of drug-likeness (QED) is 0.610. The number of carbonyl (C=O) groups excluding carboxylic acids is 1. The monoisotopic (exact) mass is 360 g/mol. The van der Waals surface area contributed by atoms with E-state index in [2.05, 4.69) is 26.1 Å². The SMILES string of the molecule is Nc1c(NNC(=O)c2ccc(Cl)cc2)ncnc1NC1CCCCC1. The minimum absolute atomic E-state index is 0.309. The van der Waals surface area contributed by atoms with Crippen molar-refractivity contribution in [3.63, 3.8) is 0 Å². The lowest BCUT2D eigenvalue weighted by Gasteiger charge is -2.24. The van der Waals surface area contributed by atoms with Gasteiger partial charge in [-0.25, -0.2) is 9.97 Å². The van der Waals surface area contributed by atoms with Crippen molar-refractivity contribution in [2.75, 3.05) is 16.5 Å². The van der Waals surface area contributed by atoms with Crippen molar-refractivity contribution in [2.24, 2.45) is 0 Å². The van der Waals surface area contributed by atoms with E-state index in [4.69, 9.17) is 17.3 Å². The number of benzene rings is 1. The predicted octanol–water partition coefficient (Wildman–Crippen LogP) is 3.21. The van der Waals surface area contributed by atoms with E-state index >= 15 is 0 Å². The highest BCUT2D eigenvalue weighted by molar-refractivity contribution is 6.30. The van der Waals surface area contributed by atoms with Gasteiger partial charge in [0.05, 0.1) is 0 Å². The topological polar surface area (TPSA) is 105 Å². The average Bonchev–Trinajstić information content (AvgIpc) is 2.63. The lowest BCUT2D eigenvalue weighted by atomic mass is 9.95. The Morgan fingerprint density at radius 1 is 1.08 bits per heavy atom. The maximum Gasteiger partial charge on any atom is 0.269 e. The predicted molar refractivity (Wildman–Crippen MR) is 99.5 cm³/mol. The number of aromatic nitrogens is 2. The Morgan fingerprint density at radius 2 is 1.76 bits per heavy atom. The van der Waals surface area contributed by atoms with Crippen LogP contribution < -0.4 is 21.9 Å². The molecular weight excluding hydrogens is 340 g/mol. The van der Waals surface area contributed by atoms with Crippen LogP contribution in [0.5, 0.6) is 0 Å². The maximum atomic E-state index is 12.1. The van der Waals surface area contributed by atoms with Crippen molar-refractivity contribution >= 4 is 34.8 Å². The summed E-state index contributed by atoms with van der Waals surface area (Å²) in [4.78, 5) is 20.4. The van der Waals surface area contributed by atoms with Gasteiger partial charge in [0.1, 0.15) is 12.0 Å². The number of amides is 1. The number of halogens is 1. The molecule has 0 unspecified atom stereocenters. The normalized spacial score (nSPS) is 14.8. The summed E-state index contributed by atoms with van der Waals surface area (Å²) in [7, 11) is 0. The maximum absolute atomic E-state index is 12.1. The molecule has 0 aliphatic heterocycles. The van der Waals surface area contributed by atoms with Crippen molar-refractivity contribution in [1.29, 1.82) is 0 Å². The molecule has 1 saturated carbocycles. The number of anilines is 3. The second kappa shape index (κ2) is 8.02. The molecule has 0 spiro atoms. The molecule has 0 bridgehead atoms. The average molecular weight is 361 g/mol. The summed E-state index contributed by atoms with van der Waals surface area (Å²) in [6.45, 7) is 0. The smallest absolute Gasteiger partial charge is 0.269 e. The first-order valence-electron chi connectivity index (χ1n) is 8.32. The van der Waals surface area contributed by atoms with E-state index in [0.29, 0.717) is 34.0 Å². The molecule has 1 aliphatic carbocycles. The van der Waals surface area contributed by atoms with Gasteiger partial charge in [0, 0.05) is 16.6 Å². The fraction of sp³-hybridized carbons (Fsp3) is 0.353. The molecule has 0 saturated heterocycles. The summed E-state index contributed by atoms with van der Waals surface area (Å²) < 4.78 is 0. The first-order chi connectivity index (χ1) is 12.1. The molecule has 1 heterocycles. The lowest BCUT2D eigenvalue weighted by Crippen LogP contribution is -2.30. The molecule has 2 aromatic rings. The molecule has 7 nitrogen and oxygen atoms in total. The largest absolute Gasteiger partial charge is 0.393 e. The Hall–Kier alpha value is -2.54. The number of nitrogens with two attached hydrogens (primary N) is 1. The third-order valence-electron chi connectivity index (χ3n) is 4.23. The van der Waals surface area contributed by atoms with Gasteiger partial charge in [0.15, 0.2) is 11.6 Å². The van der Waals surface area contributed by atoms with Gasteiger partial charge < -0.3 is 11.1 Å². The summed E-state index contributed by atoms with van der Waals surface area (Å²) in [6.07, 6.45) is 7.34. The van der Waals surface area contributed by atoms with Crippen LogP contribution in [0.15, 0.2) is 30.6 Å². The molecule has 1 aromatic carbocycles. The summed E-state index contributed by atoms with van der Waals surface area (Å²) in [6, 6.07) is 6.96. The van der Waals surface area contributed by atoms with Gasteiger partial charge in [-0.05, 0) is 37.1 Å². The third kappa shape index (κ3) is 4.51. The molecule has 1 amide bonds. The molecule has 1 aliphatic rings. The number of rotatable bonds is 5. The van der Waals surface area contributed by atoms with Crippen LogP contribution in [0.1, 0.15) is 42.5 Å². The minimum Gasteiger partial charge on any atom is -0.393 e. The van der Waals surface area contributed by atoms with Gasteiger partial charge in [0.2, 0.25) is 0 Å². The molecule has 1 aromatic heterocycles. The van der Waals surface area contributed by atoms with Crippen molar-refractivity contribution < 1.29 is 4.79 Å². The van der Waals surface area contributed by atoms with Crippen LogP contribution in [0.25, 0.3) is 0 Å². The Labute approximate surface area is 151 Å². The van der Waals surface area contributed by atoms with Gasteiger partial charge in [-0.3, -0.25) is 15.6 Å². The molecule has 5 N–H and O–H groups in total. The number of hydrazine groups is 1. The van der Waals surface area contributed by atoms with Gasteiger partial charge in [-0.1, -0.05) is 30.9 Å². The van der Waals surface area contributed by atoms with Crippen LogP contribution in [0, 0.1) is 0 Å². The van der Waals surface area contributed by atoms with Crippen LogP contribution in [-0.4, -0.2) is 21.9 Å². The van der Waals surface area contributed by atoms with Crippen molar-refractivity contribution in [3.05, 3.63) is 41.2 Å². The van der Waals surface area contributed by atoms with E-state index < -0.39 is 0 Å². The number of nitrogens with one attached hydrogen (secondary N) is 3. The molecule has 25 heavy (non-hydrogen) atoms. The van der Waals surface area contributed by atoms with Crippen LogP contribution in [0.2, 0.25) is 5.02 Å². The zero-order valence-electron chi connectivity index (χ0n) is 13.8. The summed E-state index contributed by atoms with van der Waals surface area (Å²) >= 11 is 5.82. The molecule has 132 valence electrons. The number of nitrogen functional groups attached to an aromatic ring is 1. The third-order valence-corrected chi connectivity index (χ3v) is 4.48. The standard InChI is InChI=1S/C17H21ClN6O/c18-12-8-6-11(7-9-12)17(25)24-23-16-14(19)15(20-10-21-16)22-13-4-2-1-3-5-13/h6-10,13H,1-5,19H2,(H,24,25)(H2,20,21,22,23). The van der Waals surface area contributed by atoms with Gasteiger partial charge in [-0.2, -0.15) is 0 Å². The van der Waals surface area contributed by atoms with Gasteiger partial charge in [0.25, 0.3) is 5.91 Å². The first-order valence-corrected chi connectivity index (χ1v) is 8.70. The highest BCUT2D eigenvalue weighted by Gasteiger charge is 2.16. The Morgan fingerprint density at radius 3 is 2.48 bits per heavy atom. The zero-order valence-corrected chi connectivity index (χ0v) is 14.5. The Kier molecular flexibility index (Phi) is 5.55. The second-order valence-electron chi connectivity index (χ2n) is 6.05. The van der Waals surface area contributed by atoms with Crippen LogP contribution in [0.3, 0.4) is 0 Å². The molecule has 0 radical (unpaired) electrons. The summed E-state index contributed by atoms with van der Waals surface area (Å²) in [5.41, 5.74) is 12.3. The summed E-state index contributed by atoms with van der Waals surface area (Å²) in [5, 5.41) is 3.94. The summed E-state index contributed by atoms with van der Waals surface area (Å²) in [5.74, 6) is 0.636. The molecule has 0 atom stereocenters. The molecular formula is C17H21ClN6O. The fourth-order valence-electron chi connectivity index (χ4n) is 2.84. The Balaban J connectivity index is 1.63. The first kappa shape index (κ1) is 17.3. The number of nitrogens with zero attached hydrogens (tertiary/aromatic N) is 2. The number of carbonyl (C=O) groups is 1. The highest BCUT2D eigenvalue weighted by atomic mass is 35.5.